The van der Waals surface area contributed by atoms with Crippen LogP contribution in [-0.2, 0) is 16.4 Å². The van der Waals surface area contributed by atoms with Crippen molar-refractivity contribution in [2.24, 2.45) is 0 Å². The maximum Gasteiger partial charge on any atom is 0.179 e. The van der Waals surface area contributed by atoms with Crippen LogP contribution >= 0.6 is 11.6 Å². The molecule has 0 radical (unpaired) electrons. The molecule has 2 aliphatic heterocycles. The maximum absolute atomic E-state index is 11.6. The predicted octanol–water partition coefficient (Wildman–Crippen LogP) is 1.78. The summed E-state index contributed by atoms with van der Waals surface area (Å²) >= 11 is 6.19. The highest BCUT2D eigenvalue weighted by molar-refractivity contribution is 7.91. The molecular formula is C14H18ClNO4S. The molecule has 1 atom stereocenters. The molecule has 1 N–H and O–H groups in total. The van der Waals surface area contributed by atoms with Crippen molar-refractivity contribution in [3.63, 3.8) is 0 Å². The lowest BCUT2D eigenvalue weighted by Gasteiger charge is -2.24. The minimum absolute atomic E-state index is 0.00993. The molecule has 7 heteroatoms. The number of hydrogen-bond acceptors (Lipinski definition) is 5. The van der Waals surface area contributed by atoms with E-state index in [1.807, 2.05) is 12.1 Å². The molecule has 5 nitrogen and oxygen atoms in total. The van der Waals surface area contributed by atoms with E-state index in [0.717, 1.165) is 18.4 Å². The van der Waals surface area contributed by atoms with Gasteiger partial charge in [-0.2, -0.15) is 0 Å². The molecule has 1 unspecified atom stereocenters. The lowest BCUT2D eigenvalue weighted by Crippen LogP contribution is -2.39. The number of halogens is 1. The lowest BCUT2D eigenvalue weighted by molar-refractivity contribution is 0.171. The number of hydrogen-bond donors (Lipinski definition) is 1. The second-order valence-electron chi connectivity index (χ2n) is 5.44. The van der Waals surface area contributed by atoms with Gasteiger partial charge in [0.2, 0.25) is 0 Å². The van der Waals surface area contributed by atoms with Crippen molar-refractivity contribution in [3.8, 4) is 11.5 Å². The van der Waals surface area contributed by atoms with Crippen LogP contribution in [0.4, 0.5) is 0 Å². The van der Waals surface area contributed by atoms with Crippen molar-refractivity contribution in [2.75, 3.05) is 24.7 Å². The average Bonchev–Trinajstić information content (AvgIpc) is 2.44. The number of nitrogens with one attached hydrogen (secondary N) is 1. The maximum atomic E-state index is 11.6. The Bertz CT molecular complexity index is 632. The zero-order valence-electron chi connectivity index (χ0n) is 11.6. The molecule has 1 saturated heterocycles. The Kier molecular flexibility index (Phi) is 4.28. The fraction of sp³-hybridized carbons (Fsp3) is 0.571. The first kappa shape index (κ1) is 14.9. The molecule has 21 heavy (non-hydrogen) atoms. The highest BCUT2D eigenvalue weighted by atomic mass is 35.5. The monoisotopic (exact) mass is 331 g/mol. The van der Waals surface area contributed by atoms with Gasteiger partial charge >= 0.3 is 0 Å². The third-order valence-electron chi connectivity index (χ3n) is 3.71. The van der Waals surface area contributed by atoms with Gasteiger partial charge in [0.25, 0.3) is 0 Å². The molecule has 0 bridgehead atoms. The molecule has 0 amide bonds. The van der Waals surface area contributed by atoms with Gasteiger partial charge in [-0.3, -0.25) is 0 Å². The molecule has 1 aromatic rings. The van der Waals surface area contributed by atoms with Gasteiger partial charge in [0.15, 0.2) is 21.3 Å². The van der Waals surface area contributed by atoms with Crippen LogP contribution in [0.5, 0.6) is 11.5 Å². The van der Waals surface area contributed by atoms with Crippen LogP contribution in [0.15, 0.2) is 12.1 Å². The molecule has 0 spiro atoms. The smallest absolute Gasteiger partial charge is 0.179 e. The van der Waals surface area contributed by atoms with E-state index in [0.29, 0.717) is 42.0 Å². The first-order valence-corrected chi connectivity index (χ1v) is 9.25. The Hall–Kier alpha value is -0.980. The molecule has 0 aliphatic carbocycles. The number of sulfone groups is 1. The van der Waals surface area contributed by atoms with Crippen LogP contribution in [-0.4, -0.2) is 39.2 Å². The van der Waals surface area contributed by atoms with Gasteiger partial charge in [-0.25, -0.2) is 8.42 Å². The van der Waals surface area contributed by atoms with E-state index in [4.69, 9.17) is 21.1 Å². The number of fused-ring (bicyclic) bond motifs is 1. The highest BCUT2D eigenvalue weighted by Gasteiger charge is 2.24. The van der Waals surface area contributed by atoms with Gasteiger partial charge in [0, 0.05) is 12.6 Å². The summed E-state index contributed by atoms with van der Waals surface area (Å²) in [7, 11) is -2.89. The van der Waals surface area contributed by atoms with E-state index in [-0.39, 0.29) is 11.8 Å². The van der Waals surface area contributed by atoms with E-state index in [2.05, 4.69) is 5.32 Å². The number of benzene rings is 1. The molecular weight excluding hydrogens is 314 g/mol. The van der Waals surface area contributed by atoms with Crippen LogP contribution in [0.1, 0.15) is 18.4 Å². The van der Waals surface area contributed by atoms with Crippen molar-refractivity contribution in [3.05, 3.63) is 22.7 Å². The van der Waals surface area contributed by atoms with Crippen molar-refractivity contribution in [1.82, 2.24) is 5.32 Å². The molecule has 1 fully saturated rings. The second-order valence-corrected chi connectivity index (χ2v) is 8.07. The molecule has 1 aromatic carbocycles. The van der Waals surface area contributed by atoms with Crippen molar-refractivity contribution in [1.29, 1.82) is 0 Å². The highest BCUT2D eigenvalue weighted by Crippen LogP contribution is 2.38. The standard InChI is InChI=1S/C14H18ClNO4S/c15-12-6-10(7-13-14(12)20-4-3-19-13)8-16-11-2-1-5-21(17,18)9-11/h6-7,11,16H,1-5,8-9H2. The van der Waals surface area contributed by atoms with Crippen LogP contribution in [0.2, 0.25) is 5.02 Å². The van der Waals surface area contributed by atoms with Crippen LogP contribution in [0, 0.1) is 0 Å². The normalized spacial score (nSPS) is 23.8. The van der Waals surface area contributed by atoms with E-state index >= 15 is 0 Å². The SMILES string of the molecule is O=S1(=O)CCCC(NCc2cc(Cl)c3c(c2)OCCO3)C1. The minimum atomic E-state index is -2.89. The fourth-order valence-corrected chi connectivity index (χ4v) is 4.67. The Morgan fingerprint density at radius 3 is 2.90 bits per heavy atom. The lowest BCUT2D eigenvalue weighted by atomic mass is 10.1. The zero-order chi connectivity index (χ0) is 14.9. The number of ether oxygens (including phenoxy) is 2. The Balaban J connectivity index is 1.67. The van der Waals surface area contributed by atoms with Crippen LogP contribution in [0.3, 0.4) is 0 Å². The van der Waals surface area contributed by atoms with Gasteiger partial charge in [0.1, 0.15) is 13.2 Å². The Morgan fingerprint density at radius 2 is 2.10 bits per heavy atom. The quantitative estimate of drug-likeness (QED) is 0.914. The van der Waals surface area contributed by atoms with Gasteiger partial charge < -0.3 is 14.8 Å². The van der Waals surface area contributed by atoms with Gasteiger partial charge in [0.05, 0.1) is 16.5 Å². The summed E-state index contributed by atoms with van der Waals surface area (Å²) in [6.07, 6.45) is 1.61. The van der Waals surface area contributed by atoms with Crippen LogP contribution < -0.4 is 14.8 Å². The first-order valence-electron chi connectivity index (χ1n) is 7.05. The van der Waals surface area contributed by atoms with E-state index in [1.165, 1.54) is 0 Å². The molecule has 116 valence electrons. The summed E-state index contributed by atoms with van der Waals surface area (Å²) in [5.41, 5.74) is 0.965. The molecule has 2 aliphatic rings. The molecule has 2 heterocycles. The van der Waals surface area contributed by atoms with Crippen molar-refractivity contribution >= 4 is 21.4 Å². The zero-order valence-corrected chi connectivity index (χ0v) is 13.2. The van der Waals surface area contributed by atoms with E-state index < -0.39 is 9.84 Å². The van der Waals surface area contributed by atoms with Gasteiger partial charge in [-0.1, -0.05) is 11.6 Å². The summed E-state index contributed by atoms with van der Waals surface area (Å²) in [5.74, 6) is 1.76. The number of rotatable bonds is 3. The van der Waals surface area contributed by atoms with Crippen LogP contribution in [0.25, 0.3) is 0 Å². The minimum Gasteiger partial charge on any atom is -0.486 e. The van der Waals surface area contributed by atoms with Gasteiger partial charge in [-0.05, 0) is 30.5 Å². The fourth-order valence-electron chi connectivity index (χ4n) is 2.71. The third-order valence-corrected chi connectivity index (χ3v) is 5.82. The summed E-state index contributed by atoms with van der Waals surface area (Å²) in [6, 6.07) is 3.74. The third kappa shape index (κ3) is 3.62. The summed E-state index contributed by atoms with van der Waals surface area (Å²) in [4.78, 5) is 0. The Labute approximate surface area is 129 Å². The molecule has 3 rings (SSSR count). The first-order chi connectivity index (χ1) is 10.0. The molecule has 0 aromatic heterocycles. The predicted molar refractivity (Wildman–Crippen MR) is 81.0 cm³/mol. The Morgan fingerprint density at radius 1 is 1.29 bits per heavy atom. The summed E-state index contributed by atoms with van der Waals surface area (Å²) in [5, 5.41) is 3.82. The van der Waals surface area contributed by atoms with Crippen molar-refractivity contribution < 1.29 is 17.9 Å². The summed E-state index contributed by atoms with van der Waals surface area (Å²) in [6.45, 7) is 1.59. The topological polar surface area (TPSA) is 64.6 Å². The second kappa shape index (κ2) is 6.02. The van der Waals surface area contributed by atoms with Crippen molar-refractivity contribution in [2.45, 2.75) is 25.4 Å². The largest absolute Gasteiger partial charge is 0.486 e. The molecule has 0 saturated carbocycles. The van der Waals surface area contributed by atoms with Gasteiger partial charge in [-0.15, -0.1) is 0 Å². The average molecular weight is 332 g/mol. The summed E-state index contributed by atoms with van der Waals surface area (Å²) < 4.78 is 34.3. The van der Waals surface area contributed by atoms with E-state index in [1.54, 1.807) is 0 Å². The van der Waals surface area contributed by atoms with E-state index in [9.17, 15) is 8.42 Å².